The Kier molecular flexibility index (Phi) is 3.96. The van der Waals surface area contributed by atoms with Gasteiger partial charge in [-0.25, -0.2) is 9.37 Å². The van der Waals surface area contributed by atoms with Gasteiger partial charge in [-0.3, -0.25) is 9.36 Å². The molecule has 0 spiro atoms. The second kappa shape index (κ2) is 6.05. The highest BCUT2D eigenvalue weighted by Gasteiger charge is 2.19. The van der Waals surface area contributed by atoms with E-state index >= 15 is 0 Å². The molecule has 0 radical (unpaired) electrons. The molecule has 110 valence electrons. The average Bonchev–Trinajstić information content (AvgIpc) is 2.98. The number of carbonyl (C=O) groups is 1. The molecule has 1 atom stereocenters. The minimum absolute atomic E-state index is 0.0304. The SMILES string of the molecule is O=C(NC1CCCOC1)c1cncn1-c1ccc(F)cc1. The van der Waals surface area contributed by atoms with Crippen LogP contribution in [0, 0.1) is 5.82 Å². The molecule has 5 nitrogen and oxygen atoms in total. The number of ether oxygens (including phenoxy) is 1. The summed E-state index contributed by atoms with van der Waals surface area (Å²) in [5, 5.41) is 2.94. The van der Waals surface area contributed by atoms with E-state index in [4.69, 9.17) is 4.74 Å². The van der Waals surface area contributed by atoms with Crippen molar-refractivity contribution in [2.45, 2.75) is 18.9 Å². The van der Waals surface area contributed by atoms with Crippen molar-refractivity contribution in [1.29, 1.82) is 0 Å². The van der Waals surface area contributed by atoms with Crippen molar-refractivity contribution in [2.75, 3.05) is 13.2 Å². The second-order valence-electron chi connectivity index (χ2n) is 5.01. The van der Waals surface area contributed by atoms with E-state index in [0.717, 1.165) is 19.4 Å². The third-order valence-corrected chi connectivity index (χ3v) is 3.47. The molecule has 6 heteroatoms. The summed E-state index contributed by atoms with van der Waals surface area (Å²) < 4.78 is 20.0. The molecule has 1 N–H and O–H groups in total. The number of hydrogen-bond acceptors (Lipinski definition) is 3. The Morgan fingerprint density at radius 1 is 1.38 bits per heavy atom. The lowest BCUT2D eigenvalue weighted by atomic mass is 10.1. The van der Waals surface area contributed by atoms with E-state index in [2.05, 4.69) is 10.3 Å². The Morgan fingerprint density at radius 3 is 2.90 bits per heavy atom. The molecule has 3 rings (SSSR count). The van der Waals surface area contributed by atoms with Crippen molar-refractivity contribution in [3.05, 3.63) is 48.3 Å². The number of hydrogen-bond donors (Lipinski definition) is 1. The first-order valence-corrected chi connectivity index (χ1v) is 6.91. The number of aromatic nitrogens is 2. The van der Waals surface area contributed by atoms with E-state index in [1.807, 2.05) is 0 Å². The number of amides is 1. The predicted octanol–water partition coefficient (Wildman–Crippen LogP) is 1.92. The van der Waals surface area contributed by atoms with Crippen LogP contribution in [0.5, 0.6) is 0 Å². The minimum Gasteiger partial charge on any atom is -0.379 e. The van der Waals surface area contributed by atoms with E-state index in [-0.39, 0.29) is 17.8 Å². The van der Waals surface area contributed by atoms with Crippen molar-refractivity contribution in [2.24, 2.45) is 0 Å². The fourth-order valence-electron chi connectivity index (χ4n) is 2.38. The number of halogens is 1. The van der Waals surface area contributed by atoms with Crippen LogP contribution in [0.15, 0.2) is 36.8 Å². The van der Waals surface area contributed by atoms with Gasteiger partial charge < -0.3 is 10.1 Å². The van der Waals surface area contributed by atoms with Gasteiger partial charge in [-0.2, -0.15) is 0 Å². The summed E-state index contributed by atoms with van der Waals surface area (Å²) in [6.45, 7) is 1.29. The first-order chi connectivity index (χ1) is 10.2. The van der Waals surface area contributed by atoms with Gasteiger partial charge in [0.1, 0.15) is 11.5 Å². The van der Waals surface area contributed by atoms with E-state index in [0.29, 0.717) is 18.0 Å². The fourth-order valence-corrected chi connectivity index (χ4v) is 2.38. The zero-order valence-electron chi connectivity index (χ0n) is 11.5. The molecule has 0 saturated carbocycles. The van der Waals surface area contributed by atoms with Gasteiger partial charge in [0.25, 0.3) is 5.91 Å². The highest BCUT2D eigenvalue weighted by molar-refractivity contribution is 5.93. The van der Waals surface area contributed by atoms with Gasteiger partial charge in [-0.1, -0.05) is 0 Å². The number of benzene rings is 1. The largest absolute Gasteiger partial charge is 0.379 e. The smallest absolute Gasteiger partial charge is 0.270 e. The Morgan fingerprint density at radius 2 is 2.19 bits per heavy atom. The summed E-state index contributed by atoms with van der Waals surface area (Å²) in [5.74, 6) is -0.517. The fraction of sp³-hybridized carbons (Fsp3) is 0.333. The zero-order chi connectivity index (χ0) is 14.7. The lowest BCUT2D eigenvalue weighted by molar-refractivity contribution is 0.0621. The van der Waals surface area contributed by atoms with E-state index < -0.39 is 0 Å². The molecule has 1 aromatic heterocycles. The molecule has 1 fully saturated rings. The van der Waals surface area contributed by atoms with Crippen LogP contribution in [0.3, 0.4) is 0 Å². The van der Waals surface area contributed by atoms with Crippen molar-refractivity contribution < 1.29 is 13.9 Å². The molecule has 0 aliphatic carbocycles. The third-order valence-electron chi connectivity index (χ3n) is 3.47. The monoisotopic (exact) mass is 289 g/mol. The molecule has 1 aromatic carbocycles. The number of rotatable bonds is 3. The maximum absolute atomic E-state index is 13.0. The summed E-state index contributed by atoms with van der Waals surface area (Å²) in [4.78, 5) is 16.3. The molecule has 1 amide bonds. The van der Waals surface area contributed by atoms with E-state index in [1.54, 1.807) is 23.0 Å². The highest BCUT2D eigenvalue weighted by atomic mass is 19.1. The van der Waals surface area contributed by atoms with Crippen LogP contribution in [0.1, 0.15) is 23.3 Å². The van der Waals surface area contributed by atoms with Crippen LogP contribution in [0.2, 0.25) is 0 Å². The lowest BCUT2D eigenvalue weighted by Crippen LogP contribution is -2.41. The number of nitrogens with one attached hydrogen (secondary N) is 1. The molecule has 1 saturated heterocycles. The topological polar surface area (TPSA) is 56.1 Å². The maximum atomic E-state index is 13.0. The molecule has 2 heterocycles. The second-order valence-corrected chi connectivity index (χ2v) is 5.01. The average molecular weight is 289 g/mol. The molecule has 1 aliphatic rings. The summed E-state index contributed by atoms with van der Waals surface area (Å²) in [5.41, 5.74) is 1.12. The van der Waals surface area contributed by atoms with Gasteiger partial charge in [-0.05, 0) is 37.1 Å². The van der Waals surface area contributed by atoms with Crippen molar-refractivity contribution in [1.82, 2.24) is 14.9 Å². The molecule has 21 heavy (non-hydrogen) atoms. The van der Waals surface area contributed by atoms with Crippen LogP contribution in [-0.2, 0) is 4.74 Å². The molecule has 0 bridgehead atoms. The summed E-state index contributed by atoms with van der Waals surface area (Å²) in [6, 6.07) is 5.95. The van der Waals surface area contributed by atoms with Crippen LogP contribution < -0.4 is 5.32 Å². The predicted molar refractivity (Wildman–Crippen MR) is 74.8 cm³/mol. The van der Waals surface area contributed by atoms with Crippen LogP contribution in [0.25, 0.3) is 5.69 Å². The van der Waals surface area contributed by atoms with Gasteiger partial charge in [0.2, 0.25) is 0 Å². The number of nitrogens with zero attached hydrogens (tertiary/aromatic N) is 2. The summed E-state index contributed by atoms with van der Waals surface area (Å²) >= 11 is 0. The Labute approximate surface area is 121 Å². The van der Waals surface area contributed by atoms with Gasteiger partial charge in [-0.15, -0.1) is 0 Å². The van der Waals surface area contributed by atoms with Crippen molar-refractivity contribution in [3.63, 3.8) is 0 Å². The Hall–Kier alpha value is -2.21. The van der Waals surface area contributed by atoms with Gasteiger partial charge in [0, 0.05) is 12.3 Å². The van der Waals surface area contributed by atoms with Crippen molar-refractivity contribution in [3.8, 4) is 5.69 Å². The van der Waals surface area contributed by atoms with E-state index in [1.165, 1.54) is 18.3 Å². The highest BCUT2D eigenvalue weighted by Crippen LogP contribution is 2.13. The molecular weight excluding hydrogens is 273 g/mol. The van der Waals surface area contributed by atoms with Crippen molar-refractivity contribution >= 4 is 5.91 Å². The van der Waals surface area contributed by atoms with Crippen LogP contribution >= 0.6 is 0 Å². The number of imidazole rings is 1. The van der Waals surface area contributed by atoms with Gasteiger partial charge in [0.15, 0.2) is 0 Å². The molecule has 1 aliphatic heterocycles. The molecular formula is C15H16FN3O2. The standard InChI is InChI=1S/C15H16FN3O2/c16-11-3-5-13(6-4-11)19-10-17-8-14(19)15(20)18-12-2-1-7-21-9-12/h3-6,8,10,12H,1-2,7,9H2,(H,18,20). The quantitative estimate of drug-likeness (QED) is 0.939. The molecule has 2 aromatic rings. The first kappa shape index (κ1) is 13.8. The first-order valence-electron chi connectivity index (χ1n) is 6.91. The van der Waals surface area contributed by atoms with Crippen LogP contribution in [-0.4, -0.2) is 34.7 Å². The minimum atomic E-state index is -0.316. The third kappa shape index (κ3) is 3.11. The molecule has 1 unspecified atom stereocenters. The lowest BCUT2D eigenvalue weighted by Gasteiger charge is -2.23. The normalized spacial score (nSPS) is 18.4. The summed E-state index contributed by atoms with van der Waals surface area (Å²) in [6.07, 6.45) is 4.90. The zero-order valence-corrected chi connectivity index (χ0v) is 11.5. The van der Waals surface area contributed by atoms with Crippen LogP contribution in [0.4, 0.5) is 4.39 Å². The van der Waals surface area contributed by atoms with Gasteiger partial charge in [0.05, 0.1) is 25.2 Å². The summed E-state index contributed by atoms with van der Waals surface area (Å²) in [7, 11) is 0. The Balaban J connectivity index is 1.78. The van der Waals surface area contributed by atoms with Gasteiger partial charge >= 0.3 is 0 Å². The Bertz CT molecular complexity index is 618. The maximum Gasteiger partial charge on any atom is 0.270 e. The number of carbonyl (C=O) groups excluding carboxylic acids is 1. The van der Waals surface area contributed by atoms with E-state index in [9.17, 15) is 9.18 Å².